The number of allylic oxidation sites excluding steroid dienone is 3. The van der Waals surface area contributed by atoms with Gasteiger partial charge >= 0.3 is 0 Å². The number of nitrogens with one attached hydrogen (secondary N) is 1. The van der Waals surface area contributed by atoms with Gasteiger partial charge in [0.25, 0.3) is 11.8 Å². The van der Waals surface area contributed by atoms with Crippen molar-refractivity contribution in [3.63, 3.8) is 0 Å². The van der Waals surface area contributed by atoms with Crippen LogP contribution in [0.1, 0.15) is 52.0 Å². The molecule has 0 saturated carbocycles. The maximum absolute atomic E-state index is 14.2. The van der Waals surface area contributed by atoms with E-state index in [0.29, 0.717) is 27.4 Å². The molecule has 4 atom stereocenters. The molecule has 0 fully saturated rings. The van der Waals surface area contributed by atoms with Gasteiger partial charge in [-0.3, -0.25) is 19.4 Å². The molecule has 0 unspecified atom stereocenters. The molecule has 0 bridgehead atoms. The van der Waals surface area contributed by atoms with Crippen LogP contribution in [0.25, 0.3) is 0 Å². The largest absolute Gasteiger partial charge is 0.394 e. The lowest BCUT2D eigenvalue weighted by Gasteiger charge is -2.46. The molecule has 3 N–H and O–H groups in total. The van der Waals surface area contributed by atoms with E-state index in [1.54, 1.807) is 78.9 Å². The summed E-state index contributed by atoms with van der Waals surface area (Å²) in [6.07, 6.45) is 4.00. The van der Waals surface area contributed by atoms with Gasteiger partial charge in [-0.2, -0.15) is 0 Å². The maximum Gasteiger partial charge on any atom is 0.255 e. The van der Waals surface area contributed by atoms with Crippen LogP contribution < -0.4 is 5.48 Å². The van der Waals surface area contributed by atoms with Gasteiger partial charge in [0.2, 0.25) is 0 Å². The zero-order chi connectivity index (χ0) is 30.2. The lowest BCUT2D eigenvalue weighted by molar-refractivity contribution is -0.137. The topological polar surface area (TPSA) is 111 Å². The highest BCUT2D eigenvalue weighted by Gasteiger charge is 2.48. The average Bonchev–Trinajstić information content (AvgIpc) is 3.00. The quantitative estimate of drug-likeness (QED) is 0.150. The van der Waals surface area contributed by atoms with E-state index in [1.165, 1.54) is 11.0 Å². The Morgan fingerprint density at radius 3 is 2.50 bits per heavy atom. The monoisotopic (exact) mass is 607 g/mol. The van der Waals surface area contributed by atoms with Crippen molar-refractivity contribution >= 4 is 41.7 Å². The zero-order valence-electron chi connectivity index (χ0n) is 22.9. The second-order valence-electron chi connectivity index (χ2n) is 9.59. The van der Waals surface area contributed by atoms with Crippen LogP contribution in [-0.2, 0) is 9.63 Å². The highest BCUT2D eigenvalue weighted by molar-refractivity contribution is 6.35. The van der Waals surface area contributed by atoms with Gasteiger partial charge in [-0.25, -0.2) is 5.48 Å². The predicted octanol–water partition coefficient (Wildman–Crippen LogP) is 5.58. The van der Waals surface area contributed by atoms with Gasteiger partial charge in [-0.1, -0.05) is 90.0 Å². The van der Waals surface area contributed by atoms with E-state index in [0.717, 1.165) is 0 Å². The Hall–Kier alpha value is -3.79. The second-order valence-corrected chi connectivity index (χ2v) is 10.4. The van der Waals surface area contributed by atoms with Gasteiger partial charge in [0.15, 0.2) is 0 Å². The fourth-order valence-electron chi connectivity index (χ4n) is 5.08. The summed E-state index contributed by atoms with van der Waals surface area (Å²) in [6, 6.07) is 18.0. The van der Waals surface area contributed by atoms with Crippen molar-refractivity contribution in [1.82, 2.24) is 10.4 Å². The molecule has 0 spiro atoms. The van der Waals surface area contributed by atoms with E-state index in [9.17, 15) is 19.8 Å². The van der Waals surface area contributed by atoms with E-state index in [1.807, 2.05) is 13.0 Å². The number of benzene rings is 3. The van der Waals surface area contributed by atoms with Crippen LogP contribution in [-0.4, -0.2) is 52.9 Å². The second kappa shape index (κ2) is 14.4. The molecular formula is C32H31Cl2N3O5. The van der Waals surface area contributed by atoms with E-state index < -0.39 is 42.5 Å². The molecule has 42 heavy (non-hydrogen) atoms. The number of hydrogen-bond acceptors (Lipinski definition) is 6. The normalized spacial score (nSPS) is 18.5. The first-order valence-corrected chi connectivity index (χ1v) is 14.0. The molecule has 1 aliphatic rings. The Bertz CT molecular complexity index is 1490. The molecule has 1 aliphatic heterocycles. The van der Waals surface area contributed by atoms with Gasteiger partial charge in [0.05, 0.1) is 30.3 Å². The third kappa shape index (κ3) is 6.64. The van der Waals surface area contributed by atoms with Crippen molar-refractivity contribution < 1.29 is 24.6 Å². The van der Waals surface area contributed by atoms with Crippen molar-refractivity contribution in [3.05, 3.63) is 129 Å². The summed E-state index contributed by atoms with van der Waals surface area (Å²) in [6.45, 7) is 4.72. The van der Waals surface area contributed by atoms with Crippen LogP contribution in [0.15, 0.2) is 102 Å². The number of aliphatic imine (C=N–C) groups is 1. The number of carbonyl (C=O) groups is 2. The van der Waals surface area contributed by atoms with Crippen LogP contribution >= 0.6 is 23.2 Å². The Kier molecular flexibility index (Phi) is 10.7. The van der Waals surface area contributed by atoms with Crippen LogP contribution in [0, 0.1) is 0 Å². The number of hydrogen-bond donors (Lipinski definition) is 3. The molecule has 4 rings (SSSR count). The molecular weight excluding hydrogens is 577 g/mol. The lowest BCUT2D eigenvalue weighted by Crippen LogP contribution is -2.54. The van der Waals surface area contributed by atoms with Gasteiger partial charge in [-0.05, 0) is 54.6 Å². The SMILES string of the molecule is C=N/C(=C\C=C/C)CONC(=O)[C@@H]1c2ccccc2C(=O)N([C@@H](CO)[C@@H](O)c2ccccc2)[C@H]1c1ccc(Cl)cc1Cl. The van der Waals surface area contributed by atoms with Crippen molar-refractivity contribution in [3.8, 4) is 0 Å². The number of carbonyl (C=O) groups excluding carboxylic acids is 2. The van der Waals surface area contributed by atoms with Gasteiger partial charge < -0.3 is 15.1 Å². The van der Waals surface area contributed by atoms with Crippen molar-refractivity contribution in [2.45, 2.75) is 31.0 Å². The summed E-state index contributed by atoms with van der Waals surface area (Å²) in [5, 5.41) is 22.6. The van der Waals surface area contributed by atoms with Gasteiger partial charge in [-0.15, -0.1) is 0 Å². The minimum absolute atomic E-state index is 0.0606. The molecule has 10 heteroatoms. The van der Waals surface area contributed by atoms with Crippen molar-refractivity contribution in [1.29, 1.82) is 0 Å². The highest BCUT2D eigenvalue weighted by Crippen LogP contribution is 2.47. The molecule has 3 aromatic carbocycles. The number of hydroxylamine groups is 1. The third-order valence-corrected chi connectivity index (χ3v) is 7.63. The number of aliphatic hydroxyl groups is 2. The minimum atomic E-state index is -1.28. The van der Waals surface area contributed by atoms with E-state index >= 15 is 0 Å². The fraction of sp³-hybridized carbons (Fsp3) is 0.219. The fourth-order valence-corrected chi connectivity index (χ4v) is 5.60. The van der Waals surface area contributed by atoms with E-state index in [2.05, 4.69) is 17.2 Å². The van der Waals surface area contributed by atoms with E-state index in [4.69, 9.17) is 28.0 Å². The molecule has 3 aromatic rings. The van der Waals surface area contributed by atoms with Crippen LogP contribution in [0.4, 0.5) is 0 Å². The van der Waals surface area contributed by atoms with Crippen LogP contribution in [0.5, 0.6) is 0 Å². The number of fused-ring (bicyclic) bond motifs is 1. The number of halogens is 2. The average molecular weight is 609 g/mol. The molecule has 0 saturated heterocycles. The summed E-state index contributed by atoms with van der Waals surface area (Å²) in [5.74, 6) is -2.10. The minimum Gasteiger partial charge on any atom is -0.394 e. The molecule has 218 valence electrons. The Morgan fingerprint density at radius 1 is 1.12 bits per heavy atom. The first-order chi connectivity index (χ1) is 20.3. The Labute approximate surface area is 254 Å². The standard InChI is InChI=1S/C32H31Cl2N3O5/c1-3-4-12-22(35-2)19-42-36-31(40)28-23-13-8-9-14-24(23)32(41)37(29(28)25-16-15-21(33)17-26(25)34)27(18-38)30(39)20-10-6-5-7-11-20/h3-17,27-30,38-39H,2,18-19H2,1H3,(H,36,40)/b4-3-,22-12-/t27-,28+,29-,30-/m0/s1. The van der Waals surface area contributed by atoms with Crippen molar-refractivity contribution in [2.24, 2.45) is 4.99 Å². The highest BCUT2D eigenvalue weighted by atomic mass is 35.5. The molecule has 0 aliphatic carbocycles. The van der Waals surface area contributed by atoms with E-state index in [-0.39, 0.29) is 17.2 Å². The number of rotatable bonds is 11. The van der Waals surface area contributed by atoms with Gasteiger partial charge in [0, 0.05) is 15.6 Å². The smallest absolute Gasteiger partial charge is 0.255 e. The Balaban J connectivity index is 1.83. The Morgan fingerprint density at radius 2 is 1.83 bits per heavy atom. The molecule has 0 aromatic heterocycles. The van der Waals surface area contributed by atoms with Crippen LogP contribution in [0.3, 0.4) is 0 Å². The first kappa shape index (κ1) is 31.2. The summed E-state index contributed by atoms with van der Waals surface area (Å²) >= 11 is 12.9. The molecule has 1 heterocycles. The number of amides is 2. The third-order valence-electron chi connectivity index (χ3n) is 7.07. The van der Waals surface area contributed by atoms with Gasteiger partial charge in [0.1, 0.15) is 12.7 Å². The number of aliphatic hydroxyl groups excluding tert-OH is 2. The van der Waals surface area contributed by atoms with Crippen molar-refractivity contribution in [2.75, 3.05) is 13.2 Å². The first-order valence-electron chi connectivity index (χ1n) is 13.2. The summed E-state index contributed by atoms with van der Waals surface area (Å²) in [5.41, 5.74) is 4.56. The number of nitrogens with zero attached hydrogens (tertiary/aromatic N) is 2. The predicted molar refractivity (Wildman–Crippen MR) is 163 cm³/mol. The summed E-state index contributed by atoms with van der Waals surface area (Å²) in [7, 11) is 0. The summed E-state index contributed by atoms with van der Waals surface area (Å²) in [4.78, 5) is 38.9. The molecule has 2 amide bonds. The maximum atomic E-state index is 14.2. The molecule has 8 nitrogen and oxygen atoms in total. The van der Waals surface area contributed by atoms with Crippen LogP contribution in [0.2, 0.25) is 10.0 Å². The summed E-state index contributed by atoms with van der Waals surface area (Å²) < 4.78 is 0. The zero-order valence-corrected chi connectivity index (χ0v) is 24.4. The lowest BCUT2D eigenvalue weighted by atomic mass is 9.78. The molecule has 0 radical (unpaired) electrons.